The third-order valence-corrected chi connectivity index (χ3v) is 7.98. The van der Waals surface area contributed by atoms with Gasteiger partial charge in [-0.25, -0.2) is 0 Å². The first kappa shape index (κ1) is 20.7. The zero-order valence-electron chi connectivity index (χ0n) is 20.9. The fourth-order valence-corrected chi connectivity index (χ4v) is 6.49. The summed E-state index contributed by atoms with van der Waals surface area (Å²) in [5.41, 5.74) is 8.58. The van der Waals surface area contributed by atoms with Crippen LogP contribution >= 0.6 is 0 Å². The molecule has 9 aromatic rings. The standard InChI is InChI=1S/C35H21N3O/c1-2-10-22(11-3-1)38-28-16-8-5-13-25(28)32-33-30(31-26-14-6-9-17-29(26)39-35(31)34(32)38)24-12-4-7-15-27(24)37(33)23-18-20-36-21-19-23/h1-21H. The van der Waals surface area contributed by atoms with Crippen LogP contribution in [0.25, 0.3) is 76.9 Å². The van der Waals surface area contributed by atoms with Gasteiger partial charge in [-0.15, -0.1) is 0 Å². The lowest BCUT2D eigenvalue weighted by Gasteiger charge is -2.10. The molecule has 5 aromatic carbocycles. The number of furan rings is 1. The van der Waals surface area contributed by atoms with Crippen LogP contribution in [0.5, 0.6) is 0 Å². The molecule has 0 aliphatic carbocycles. The molecule has 4 heterocycles. The van der Waals surface area contributed by atoms with Crippen LogP contribution in [-0.4, -0.2) is 14.1 Å². The minimum absolute atomic E-state index is 0.895. The van der Waals surface area contributed by atoms with Gasteiger partial charge in [-0.2, -0.15) is 0 Å². The van der Waals surface area contributed by atoms with E-state index in [-0.39, 0.29) is 0 Å². The number of pyridine rings is 1. The molecule has 0 atom stereocenters. The molecule has 0 radical (unpaired) electrons. The van der Waals surface area contributed by atoms with Crippen LogP contribution in [0.1, 0.15) is 0 Å². The Morgan fingerprint density at radius 2 is 1.03 bits per heavy atom. The minimum atomic E-state index is 0.895. The monoisotopic (exact) mass is 499 g/mol. The van der Waals surface area contributed by atoms with Gasteiger partial charge in [-0.1, -0.05) is 72.8 Å². The van der Waals surface area contributed by atoms with E-state index in [9.17, 15) is 0 Å². The molecule has 0 amide bonds. The van der Waals surface area contributed by atoms with Crippen molar-refractivity contribution in [2.24, 2.45) is 0 Å². The average molecular weight is 500 g/mol. The maximum absolute atomic E-state index is 6.79. The molecule has 0 saturated heterocycles. The van der Waals surface area contributed by atoms with E-state index in [0.717, 1.165) is 49.9 Å². The number of aromatic nitrogens is 3. The summed E-state index contributed by atoms with van der Waals surface area (Å²) in [7, 11) is 0. The van der Waals surface area contributed by atoms with Gasteiger partial charge < -0.3 is 13.6 Å². The molecule has 0 bridgehead atoms. The lowest BCUT2D eigenvalue weighted by atomic mass is 10.0. The Labute approximate surface area is 222 Å². The number of para-hydroxylation sites is 4. The lowest BCUT2D eigenvalue weighted by molar-refractivity contribution is 0.671. The molecule has 0 saturated carbocycles. The summed E-state index contributed by atoms with van der Waals surface area (Å²) in [6.07, 6.45) is 3.73. The SMILES string of the molecule is c1ccc(-n2c3ccccc3c3c2c2oc4ccccc4c2c2c4ccccc4n(-c4ccncc4)c23)cc1. The summed E-state index contributed by atoms with van der Waals surface area (Å²) in [4.78, 5) is 4.32. The topological polar surface area (TPSA) is 35.9 Å². The van der Waals surface area contributed by atoms with E-state index in [4.69, 9.17) is 4.42 Å². The number of benzene rings is 5. The highest BCUT2D eigenvalue weighted by Crippen LogP contribution is 2.49. The predicted octanol–water partition coefficient (Wildman–Crippen LogP) is 9.18. The van der Waals surface area contributed by atoms with Gasteiger partial charge in [0.1, 0.15) is 5.58 Å². The largest absolute Gasteiger partial charge is 0.454 e. The second-order valence-corrected chi connectivity index (χ2v) is 10.00. The quantitative estimate of drug-likeness (QED) is 0.238. The number of hydrogen-bond donors (Lipinski definition) is 0. The van der Waals surface area contributed by atoms with E-state index >= 15 is 0 Å². The van der Waals surface area contributed by atoms with Gasteiger partial charge in [-0.3, -0.25) is 4.98 Å². The van der Waals surface area contributed by atoms with Gasteiger partial charge >= 0.3 is 0 Å². The molecular formula is C35H21N3O. The number of hydrogen-bond acceptors (Lipinski definition) is 2. The van der Waals surface area contributed by atoms with Gasteiger partial charge in [0.05, 0.1) is 22.1 Å². The third kappa shape index (κ3) is 2.65. The molecule has 9 rings (SSSR count). The predicted molar refractivity (Wildman–Crippen MR) is 160 cm³/mol. The molecule has 0 aliphatic heterocycles. The number of fused-ring (bicyclic) bond motifs is 12. The van der Waals surface area contributed by atoms with Crippen LogP contribution in [0.3, 0.4) is 0 Å². The second-order valence-electron chi connectivity index (χ2n) is 10.00. The Balaban J connectivity index is 1.70. The van der Waals surface area contributed by atoms with Crippen molar-refractivity contribution in [1.29, 1.82) is 0 Å². The highest BCUT2D eigenvalue weighted by molar-refractivity contribution is 6.39. The molecule has 0 fully saturated rings. The Morgan fingerprint density at radius 3 is 1.77 bits per heavy atom. The zero-order chi connectivity index (χ0) is 25.5. The Morgan fingerprint density at radius 1 is 0.462 bits per heavy atom. The van der Waals surface area contributed by atoms with Crippen molar-refractivity contribution in [2.75, 3.05) is 0 Å². The van der Waals surface area contributed by atoms with Crippen LogP contribution in [0.2, 0.25) is 0 Å². The van der Waals surface area contributed by atoms with Crippen LogP contribution < -0.4 is 0 Å². The van der Waals surface area contributed by atoms with E-state index in [0.29, 0.717) is 0 Å². The molecule has 4 heteroatoms. The summed E-state index contributed by atoms with van der Waals surface area (Å²) in [6, 6.07) is 40.6. The van der Waals surface area contributed by atoms with E-state index in [1.54, 1.807) is 0 Å². The lowest BCUT2D eigenvalue weighted by Crippen LogP contribution is -1.96. The van der Waals surface area contributed by atoms with Crippen molar-refractivity contribution >= 4 is 65.6 Å². The third-order valence-electron chi connectivity index (χ3n) is 7.98. The fraction of sp³-hybridized carbons (Fsp3) is 0. The maximum Gasteiger partial charge on any atom is 0.160 e. The van der Waals surface area contributed by atoms with Crippen LogP contribution in [0, 0.1) is 0 Å². The smallest absolute Gasteiger partial charge is 0.160 e. The minimum Gasteiger partial charge on any atom is -0.454 e. The van der Waals surface area contributed by atoms with Crippen LogP contribution in [-0.2, 0) is 0 Å². The van der Waals surface area contributed by atoms with E-state index in [2.05, 4.69) is 123 Å². The second kappa shape index (κ2) is 7.59. The summed E-state index contributed by atoms with van der Waals surface area (Å²) >= 11 is 0. The normalized spacial score (nSPS) is 12.1. The van der Waals surface area contributed by atoms with Gasteiger partial charge in [0.15, 0.2) is 5.58 Å². The van der Waals surface area contributed by atoms with Crippen LogP contribution in [0.4, 0.5) is 0 Å². The van der Waals surface area contributed by atoms with Crippen LogP contribution in [0.15, 0.2) is 132 Å². The fourth-order valence-electron chi connectivity index (χ4n) is 6.49. The molecule has 0 spiro atoms. The molecule has 182 valence electrons. The number of rotatable bonds is 2. The first-order chi connectivity index (χ1) is 19.4. The van der Waals surface area contributed by atoms with Crippen molar-refractivity contribution < 1.29 is 4.42 Å². The number of nitrogens with zero attached hydrogens (tertiary/aromatic N) is 3. The molecule has 0 unspecified atom stereocenters. The van der Waals surface area contributed by atoms with Gasteiger partial charge in [0.2, 0.25) is 0 Å². The molecule has 39 heavy (non-hydrogen) atoms. The van der Waals surface area contributed by atoms with E-state index in [1.807, 2.05) is 18.5 Å². The summed E-state index contributed by atoms with van der Waals surface area (Å²) in [5, 5.41) is 7.08. The molecule has 0 N–H and O–H groups in total. The van der Waals surface area contributed by atoms with Gasteiger partial charge in [0.25, 0.3) is 0 Å². The summed E-state index contributed by atoms with van der Waals surface area (Å²) < 4.78 is 11.6. The summed E-state index contributed by atoms with van der Waals surface area (Å²) in [5.74, 6) is 0. The first-order valence-corrected chi connectivity index (χ1v) is 13.2. The zero-order valence-corrected chi connectivity index (χ0v) is 20.9. The highest BCUT2D eigenvalue weighted by atomic mass is 16.3. The van der Waals surface area contributed by atoms with Crippen molar-refractivity contribution in [3.8, 4) is 11.4 Å². The molecule has 4 nitrogen and oxygen atoms in total. The van der Waals surface area contributed by atoms with Crippen molar-refractivity contribution in [3.63, 3.8) is 0 Å². The van der Waals surface area contributed by atoms with Crippen molar-refractivity contribution in [3.05, 3.63) is 128 Å². The first-order valence-electron chi connectivity index (χ1n) is 13.2. The Kier molecular flexibility index (Phi) is 4.02. The van der Waals surface area contributed by atoms with Crippen molar-refractivity contribution in [1.82, 2.24) is 14.1 Å². The Hall–Kier alpha value is -5.35. The van der Waals surface area contributed by atoms with E-state index < -0.39 is 0 Å². The Bertz CT molecular complexity index is 2370. The highest BCUT2D eigenvalue weighted by Gasteiger charge is 2.27. The van der Waals surface area contributed by atoms with Crippen molar-refractivity contribution in [2.45, 2.75) is 0 Å². The molecule has 4 aromatic heterocycles. The average Bonchev–Trinajstić information content (AvgIpc) is 3.66. The molecular weight excluding hydrogens is 478 g/mol. The van der Waals surface area contributed by atoms with E-state index in [1.165, 1.54) is 27.1 Å². The van der Waals surface area contributed by atoms with Gasteiger partial charge in [-0.05, 0) is 42.5 Å². The molecule has 0 aliphatic rings. The van der Waals surface area contributed by atoms with Gasteiger partial charge in [0, 0.05) is 56.1 Å². The maximum atomic E-state index is 6.79. The summed E-state index contributed by atoms with van der Waals surface area (Å²) in [6.45, 7) is 0.